The summed E-state index contributed by atoms with van der Waals surface area (Å²) >= 11 is 7.87. The van der Waals surface area contributed by atoms with Crippen molar-refractivity contribution in [3.63, 3.8) is 0 Å². The van der Waals surface area contributed by atoms with Gasteiger partial charge in [-0.05, 0) is 63.7 Å². The van der Waals surface area contributed by atoms with Gasteiger partial charge in [0.25, 0.3) is 0 Å². The Morgan fingerprint density at radius 1 is 0.934 bits per heavy atom. The van der Waals surface area contributed by atoms with Gasteiger partial charge in [-0.25, -0.2) is 0 Å². The van der Waals surface area contributed by atoms with Crippen LogP contribution >= 0.6 is 22.9 Å². The molecule has 3 aromatic rings. The minimum absolute atomic E-state index is 0.101. The second-order valence-corrected chi connectivity index (χ2v) is 14.1. The van der Waals surface area contributed by atoms with E-state index < -0.39 is 0 Å². The van der Waals surface area contributed by atoms with E-state index in [0.717, 1.165) is 33.9 Å². The van der Waals surface area contributed by atoms with Crippen LogP contribution in [0.15, 0.2) is 57.7 Å². The molecular formula is C44H66ClN7O8S. The van der Waals surface area contributed by atoms with Crippen LogP contribution in [0.2, 0.25) is 5.02 Å². The first kappa shape index (κ1) is 54.5. The molecule has 2 aromatic carbocycles. The number of carbonyl (C=O) groups is 3. The van der Waals surface area contributed by atoms with Crippen LogP contribution in [0.25, 0.3) is 0 Å². The highest BCUT2D eigenvalue weighted by molar-refractivity contribution is 7.17. The fourth-order valence-corrected chi connectivity index (χ4v) is 6.82. The number of fused-ring (bicyclic) bond motifs is 1. The van der Waals surface area contributed by atoms with Crippen molar-refractivity contribution in [2.45, 2.75) is 60.9 Å². The van der Waals surface area contributed by atoms with Crippen molar-refractivity contribution < 1.29 is 38.1 Å². The molecular weight excluding hydrogens is 822 g/mol. The van der Waals surface area contributed by atoms with Crippen molar-refractivity contribution >= 4 is 70.5 Å². The number of hydrogen-bond donors (Lipinski definition) is 3. The van der Waals surface area contributed by atoms with Crippen LogP contribution in [0.1, 0.15) is 73.0 Å². The molecule has 3 N–H and O–H groups in total. The predicted molar refractivity (Wildman–Crippen MR) is 250 cm³/mol. The molecule has 1 aliphatic rings. The summed E-state index contributed by atoms with van der Waals surface area (Å²) in [4.78, 5) is 42.0. The Morgan fingerprint density at radius 2 is 1.52 bits per heavy atom. The average Bonchev–Trinajstić information content (AvgIpc) is 3.47. The Bertz CT molecular complexity index is 1790. The first-order valence-corrected chi connectivity index (χ1v) is 21.6. The lowest BCUT2D eigenvalue weighted by atomic mass is 9.99. The molecule has 0 fully saturated rings. The van der Waals surface area contributed by atoms with Crippen molar-refractivity contribution in [3.8, 4) is 5.75 Å². The van der Waals surface area contributed by atoms with Gasteiger partial charge in [0.1, 0.15) is 22.9 Å². The van der Waals surface area contributed by atoms with E-state index in [-0.39, 0.29) is 18.4 Å². The minimum atomic E-state index is -0.327. The number of halogens is 1. The Balaban J connectivity index is 0.000000918. The zero-order valence-corrected chi connectivity index (χ0v) is 38.9. The summed E-state index contributed by atoms with van der Waals surface area (Å²) in [6.07, 6.45) is 1.48. The summed E-state index contributed by atoms with van der Waals surface area (Å²) in [6, 6.07) is 12.1. The quantitative estimate of drug-likeness (QED) is 0.0296. The standard InChI is InChI=1S/C31H45ClN6O5S.C9H9NO3.2C2H6/c1-22-23(2)44-31-29(22)30(25-6-8-26(32)9-7-25)36-27(21-38(31)24(3)37-34-5)20-28(39)35-11-13-41-15-17-43-19-18-42-16-14-40-12-10-33-4;1-13-9-4-7(5-11)2-3-8(9)10-6-12;2*1-2/h6-9,27,33H,5,10-21H2,1-4H3,(H,35,39);2-6H,1H3,(H,10,12);2*1-2H3/b37-24-;;;/t27-;;;/m0.../s1. The molecule has 338 valence electrons. The molecule has 0 aliphatic carbocycles. The number of anilines is 2. The second kappa shape index (κ2) is 33.1. The maximum atomic E-state index is 13.0. The number of methoxy groups -OCH3 is 1. The van der Waals surface area contributed by atoms with E-state index in [0.29, 0.717) is 106 Å². The number of thiophene rings is 1. The summed E-state index contributed by atoms with van der Waals surface area (Å²) < 4.78 is 26.9. The van der Waals surface area contributed by atoms with Crippen LogP contribution in [0, 0.1) is 13.8 Å². The molecule has 0 saturated heterocycles. The lowest BCUT2D eigenvalue weighted by Gasteiger charge is -2.24. The first-order chi connectivity index (χ1) is 29.7. The van der Waals surface area contributed by atoms with Crippen LogP contribution in [-0.4, -0.2) is 130 Å². The Labute approximate surface area is 371 Å². The van der Waals surface area contributed by atoms with Crippen molar-refractivity contribution in [2.24, 2.45) is 15.2 Å². The van der Waals surface area contributed by atoms with Gasteiger partial charge >= 0.3 is 0 Å². The summed E-state index contributed by atoms with van der Waals surface area (Å²) in [5, 5.41) is 18.1. The SMILES string of the molecule is C=N/N=C(/C)N1C[C@H](CC(=O)NCCOCCOCCOCCOCCNC)N=C(c2ccc(Cl)cc2)c2c1sc(C)c2C.CC.CC.COc1cc(C=O)ccc1NC=O. The highest BCUT2D eigenvalue weighted by atomic mass is 35.5. The Kier molecular flexibility index (Phi) is 29.6. The van der Waals surface area contributed by atoms with Crippen molar-refractivity contribution in [3.05, 3.63) is 74.6 Å². The van der Waals surface area contributed by atoms with Crippen molar-refractivity contribution in [2.75, 3.05) is 96.9 Å². The first-order valence-electron chi connectivity index (χ1n) is 20.4. The summed E-state index contributed by atoms with van der Waals surface area (Å²) in [7, 11) is 3.36. The molecule has 1 aliphatic heterocycles. The topological polar surface area (TPSA) is 174 Å². The summed E-state index contributed by atoms with van der Waals surface area (Å²) in [6.45, 7) is 23.4. The number of aliphatic imine (C=N–C) groups is 1. The number of nitrogens with zero attached hydrogens (tertiary/aromatic N) is 4. The van der Waals surface area contributed by atoms with Crippen molar-refractivity contribution in [1.82, 2.24) is 10.6 Å². The molecule has 15 nitrogen and oxygen atoms in total. The molecule has 0 unspecified atom stereocenters. The zero-order valence-electron chi connectivity index (χ0n) is 37.3. The van der Waals surface area contributed by atoms with E-state index in [2.05, 4.69) is 51.6 Å². The number of aryl methyl sites for hydroxylation is 1. The number of amides is 2. The van der Waals surface area contributed by atoms with Gasteiger partial charge in [0, 0.05) is 52.9 Å². The molecule has 17 heteroatoms. The number of amidine groups is 1. The third-order valence-corrected chi connectivity index (χ3v) is 9.94. The van der Waals surface area contributed by atoms with Gasteiger partial charge in [-0.1, -0.05) is 51.4 Å². The van der Waals surface area contributed by atoms with E-state index in [1.165, 1.54) is 12.0 Å². The number of aldehydes is 1. The molecule has 61 heavy (non-hydrogen) atoms. The van der Waals surface area contributed by atoms with E-state index in [1.807, 2.05) is 65.9 Å². The van der Waals surface area contributed by atoms with Crippen LogP contribution in [-0.2, 0) is 28.5 Å². The van der Waals surface area contributed by atoms with Gasteiger partial charge in [-0.15, -0.1) is 16.4 Å². The van der Waals surface area contributed by atoms with Gasteiger partial charge in [0.2, 0.25) is 12.3 Å². The Hall–Kier alpha value is -4.55. The van der Waals surface area contributed by atoms with Gasteiger partial charge in [-0.3, -0.25) is 19.4 Å². The largest absolute Gasteiger partial charge is 0.495 e. The van der Waals surface area contributed by atoms with Gasteiger partial charge in [0.15, 0.2) is 0 Å². The lowest BCUT2D eigenvalue weighted by Crippen LogP contribution is -2.38. The summed E-state index contributed by atoms with van der Waals surface area (Å²) in [5.74, 6) is 1.06. The molecule has 4 rings (SSSR count). The fraction of sp³-hybridized carbons (Fsp3) is 0.500. The maximum Gasteiger partial charge on any atom is 0.222 e. The number of hydrogen-bond acceptors (Lipinski definition) is 13. The number of benzene rings is 2. The number of ether oxygens (including phenoxy) is 5. The number of likely N-dealkylation sites (N-methyl/N-ethyl adjacent to an activating group) is 1. The molecule has 2 heterocycles. The van der Waals surface area contributed by atoms with E-state index in [9.17, 15) is 14.4 Å². The third kappa shape index (κ3) is 19.8. The van der Waals surface area contributed by atoms with Crippen LogP contribution in [0.5, 0.6) is 5.75 Å². The fourth-order valence-electron chi connectivity index (χ4n) is 5.48. The van der Waals surface area contributed by atoms with E-state index >= 15 is 0 Å². The number of carbonyl (C=O) groups excluding carboxylic acids is 3. The number of nitrogens with one attached hydrogen (secondary N) is 3. The van der Waals surface area contributed by atoms with Crippen LogP contribution in [0.3, 0.4) is 0 Å². The Morgan fingerprint density at radius 3 is 2.07 bits per heavy atom. The molecule has 0 saturated carbocycles. The lowest BCUT2D eigenvalue weighted by molar-refractivity contribution is -0.121. The molecule has 1 atom stereocenters. The van der Waals surface area contributed by atoms with Crippen LogP contribution < -0.4 is 25.6 Å². The normalized spacial score (nSPS) is 13.0. The second-order valence-electron chi connectivity index (χ2n) is 12.4. The smallest absolute Gasteiger partial charge is 0.222 e. The highest BCUT2D eigenvalue weighted by Gasteiger charge is 2.31. The van der Waals surface area contributed by atoms with Crippen LogP contribution in [0.4, 0.5) is 10.7 Å². The predicted octanol–water partition coefficient (Wildman–Crippen LogP) is 7.00. The molecule has 0 spiro atoms. The third-order valence-electron chi connectivity index (χ3n) is 8.46. The van der Waals surface area contributed by atoms with E-state index in [1.54, 1.807) is 29.5 Å². The van der Waals surface area contributed by atoms with Crippen molar-refractivity contribution in [1.29, 1.82) is 0 Å². The molecule has 0 radical (unpaired) electrons. The van der Waals surface area contributed by atoms with Gasteiger partial charge in [-0.2, -0.15) is 5.10 Å². The molecule has 2 amide bonds. The maximum absolute atomic E-state index is 13.0. The minimum Gasteiger partial charge on any atom is -0.495 e. The number of rotatable bonds is 23. The average molecular weight is 889 g/mol. The monoisotopic (exact) mass is 887 g/mol. The highest BCUT2D eigenvalue weighted by Crippen LogP contribution is 2.40. The van der Waals surface area contributed by atoms with Gasteiger partial charge in [0.05, 0.1) is 83.8 Å². The van der Waals surface area contributed by atoms with Gasteiger partial charge < -0.3 is 44.5 Å². The van der Waals surface area contributed by atoms with E-state index in [4.69, 9.17) is 40.3 Å². The molecule has 1 aromatic heterocycles. The zero-order chi connectivity index (χ0) is 45.4. The summed E-state index contributed by atoms with van der Waals surface area (Å²) in [5.41, 5.74) is 5.01. The molecule has 0 bridgehead atoms.